The number of pyridine rings is 2. The fourth-order valence-corrected chi connectivity index (χ4v) is 5.34. The molecule has 40 heavy (non-hydrogen) atoms. The molecule has 4 N–H and O–H groups in total. The first-order valence-corrected chi connectivity index (χ1v) is 14.3. The summed E-state index contributed by atoms with van der Waals surface area (Å²) in [5, 5.41) is 29.3. The minimum absolute atomic E-state index is 0.0949. The number of ether oxygens (including phenoxy) is 2. The van der Waals surface area contributed by atoms with Gasteiger partial charge in [-0.05, 0) is 83.1 Å². The van der Waals surface area contributed by atoms with E-state index in [2.05, 4.69) is 33.1 Å². The summed E-state index contributed by atoms with van der Waals surface area (Å²) in [7, 11) is 0. The van der Waals surface area contributed by atoms with Gasteiger partial charge in [0, 0.05) is 49.6 Å². The number of carboxylic acid groups (broad SMARTS) is 1. The number of nitriles is 1. The number of carboxylic acids is 1. The van der Waals surface area contributed by atoms with Gasteiger partial charge in [0.25, 0.3) is 0 Å². The highest BCUT2D eigenvalue weighted by molar-refractivity contribution is 5.71. The molecule has 0 unspecified atom stereocenters. The summed E-state index contributed by atoms with van der Waals surface area (Å²) in [5.74, 6) is 0.658. The number of aliphatic carboxylic acids is 1. The van der Waals surface area contributed by atoms with Crippen molar-refractivity contribution >= 4 is 17.6 Å². The number of carbonyl (C=O) groups is 1. The van der Waals surface area contributed by atoms with Gasteiger partial charge in [0.15, 0.2) is 6.10 Å². The van der Waals surface area contributed by atoms with E-state index in [1.165, 1.54) is 0 Å². The first-order valence-electron chi connectivity index (χ1n) is 14.3. The van der Waals surface area contributed by atoms with Crippen molar-refractivity contribution < 1.29 is 19.4 Å². The van der Waals surface area contributed by atoms with Gasteiger partial charge in [0.1, 0.15) is 11.6 Å². The maximum Gasteiger partial charge on any atom is 0.332 e. The number of aryl methyl sites for hydroxylation is 1. The number of rotatable bonds is 12. The molecular formula is C30H42N6O4. The summed E-state index contributed by atoms with van der Waals surface area (Å²) < 4.78 is 10.9. The average molecular weight is 551 g/mol. The number of nitrogens with one attached hydrogen (secondary N) is 3. The quantitative estimate of drug-likeness (QED) is 0.301. The minimum atomic E-state index is -0.939. The zero-order valence-corrected chi connectivity index (χ0v) is 23.8. The third kappa shape index (κ3) is 8.13. The zero-order chi connectivity index (χ0) is 28.5. The Balaban J connectivity index is 1.31. The Labute approximate surface area is 236 Å². The molecule has 1 aliphatic heterocycles. The Morgan fingerprint density at radius 3 is 2.62 bits per heavy atom. The Kier molecular flexibility index (Phi) is 10.3. The van der Waals surface area contributed by atoms with E-state index in [0.29, 0.717) is 38.4 Å². The maximum atomic E-state index is 10.9. The molecule has 2 fully saturated rings. The van der Waals surface area contributed by atoms with Gasteiger partial charge in [-0.3, -0.25) is 0 Å². The van der Waals surface area contributed by atoms with Crippen LogP contribution in [-0.2, 0) is 14.3 Å². The number of hydrogen-bond acceptors (Lipinski definition) is 9. The predicted octanol–water partition coefficient (Wildman–Crippen LogP) is 4.38. The van der Waals surface area contributed by atoms with Crippen LogP contribution in [0.3, 0.4) is 0 Å². The second-order valence-corrected chi connectivity index (χ2v) is 11.2. The van der Waals surface area contributed by atoms with Crippen LogP contribution in [0, 0.1) is 23.7 Å². The molecule has 0 bridgehead atoms. The topological polar surface area (TPSA) is 141 Å². The largest absolute Gasteiger partial charge is 0.479 e. The van der Waals surface area contributed by atoms with Crippen LogP contribution < -0.4 is 16.0 Å². The highest BCUT2D eigenvalue weighted by atomic mass is 16.5. The molecule has 0 aromatic carbocycles. The van der Waals surface area contributed by atoms with Crippen LogP contribution >= 0.6 is 0 Å². The molecule has 0 radical (unpaired) electrons. The van der Waals surface area contributed by atoms with E-state index in [9.17, 15) is 10.1 Å². The van der Waals surface area contributed by atoms with Gasteiger partial charge in [-0.15, -0.1) is 0 Å². The van der Waals surface area contributed by atoms with Gasteiger partial charge >= 0.3 is 5.97 Å². The summed E-state index contributed by atoms with van der Waals surface area (Å²) in [6.45, 7) is 7.79. The van der Waals surface area contributed by atoms with Crippen molar-refractivity contribution in [1.82, 2.24) is 15.3 Å². The molecule has 0 amide bonds. The second-order valence-electron chi connectivity index (χ2n) is 11.2. The van der Waals surface area contributed by atoms with Crippen LogP contribution in [0.25, 0.3) is 11.3 Å². The van der Waals surface area contributed by atoms with Gasteiger partial charge < -0.3 is 30.5 Å². The maximum absolute atomic E-state index is 10.9. The fourth-order valence-electron chi connectivity index (χ4n) is 5.34. The zero-order valence-electron chi connectivity index (χ0n) is 23.8. The smallest absolute Gasteiger partial charge is 0.332 e. The van der Waals surface area contributed by atoms with Crippen molar-refractivity contribution in [3.05, 3.63) is 36.0 Å². The molecular weight excluding hydrogens is 508 g/mol. The van der Waals surface area contributed by atoms with Crippen molar-refractivity contribution in [2.45, 2.75) is 83.5 Å². The van der Waals surface area contributed by atoms with Crippen LogP contribution in [0.1, 0.15) is 57.9 Å². The van der Waals surface area contributed by atoms with Crippen LogP contribution in [0.5, 0.6) is 0 Å². The molecule has 1 saturated carbocycles. The summed E-state index contributed by atoms with van der Waals surface area (Å²) in [6.07, 6.45) is 6.65. The van der Waals surface area contributed by atoms with E-state index < -0.39 is 17.5 Å². The minimum Gasteiger partial charge on any atom is -0.479 e. The van der Waals surface area contributed by atoms with Crippen molar-refractivity contribution in [2.75, 3.05) is 37.0 Å². The standard InChI is InChI=1S/C30H42N6O4/c1-20-16-32-28(35-24-9-7-23(8-10-24)34-21(2)17-40-22(3)29(37)38)15-25(20)26-5-4-6-27(36-26)33-19-30(18-31)11-13-39-14-12-30/h4-6,15-16,21-24,34H,7-14,17,19H2,1-3H3,(H,32,35)(H,33,36)(H,37,38)/t21-,22+,23-,24-/m0/s1. The molecule has 3 heterocycles. The fraction of sp³-hybridized carbons (Fsp3) is 0.600. The molecule has 10 nitrogen and oxygen atoms in total. The van der Waals surface area contributed by atoms with Crippen molar-refractivity contribution in [2.24, 2.45) is 5.41 Å². The molecule has 1 saturated heterocycles. The number of nitrogens with zero attached hydrogens (tertiary/aromatic N) is 3. The van der Waals surface area contributed by atoms with Crippen LogP contribution in [-0.4, -0.2) is 71.6 Å². The molecule has 1 aliphatic carbocycles. The van der Waals surface area contributed by atoms with Crippen LogP contribution in [0.2, 0.25) is 0 Å². The lowest BCUT2D eigenvalue weighted by atomic mass is 9.82. The van der Waals surface area contributed by atoms with Crippen LogP contribution in [0.15, 0.2) is 30.5 Å². The lowest BCUT2D eigenvalue weighted by molar-refractivity contribution is -0.149. The Morgan fingerprint density at radius 2 is 1.93 bits per heavy atom. The summed E-state index contributed by atoms with van der Waals surface area (Å²) in [5.41, 5.74) is 2.53. The van der Waals surface area contributed by atoms with Gasteiger partial charge in [0.05, 0.1) is 23.8 Å². The van der Waals surface area contributed by atoms with E-state index in [-0.39, 0.29) is 6.04 Å². The molecule has 216 valence electrons. The van der Waals surface area contributed by atoms with Gasteiger partial charge in [-0.25, -0.2) is 14.8 Å². The van der Waals surface area contributed by atoms with E-state index in [1.54, 1.807) is 6.92 Å². The summed E-state index contributed by atoms with van der Waals surface area (Å²) in [4.78, 5) is 20.4. The lowest BCUT2D eigenvalue weighted by Gasteiger charge is -2.32. The highest BCUT2D eigenvalue weighted by Crippen LogP contribution is 2.31. The highest BCUT2D eigenvalue weighted by Gasteiger charge is 2.32. The Bertz CT molecular complexity index is 1170. The number of anilines is 2. The molecule has 4 rings (SSSR count). The summed E-state index contributed by atoms with van der Waals surface area (Å²) in [6, 6.07) is 11.3. The number of hydrogen-bond donors (Lipinski definition) is 4. The van der Waals surface area contributed by atoms with E-state index in [4.69, 9.17) is 19.6 Å². The lowest BCUT2D eigenvalue weighted by Crippen LogP contribution is -2.43. The third-order valence-electron chi connectivity index (χ3n) is 7.97. The molecule has 10 heteroatoms. The monoisotopic (exact) mass is 550 g/mol. The van der Waals surface area contributed by atoms with Gasteiger partial charge in [-0.2, -0.15) is 5.26 Å². The van der Waals surface area contributed by atoms with Crippen molar-refractivity contribution in [3.63, 3.8) is 0 Å². The normalized spacial score (nSPS) is 22.1. The number of aromatic nitrogens is 2. The third-order valence-corrected chi connectivity index (χ3v) is 7.97. The predicted molar refractivity (Wildman–Crippen MR) is 154 cm³/mol. The van der Waals surface area contributed by atoms with Gasteiger partial charge in [0.2, 0.25) is 0 Å². The molecule has 2 aromatic heterocycles. The Hall–Kier alpha value is -3.26. The van der Waals surface area contributed by atoms with E-state index in [1.807, 2.05) is 38.2 Å². The molecule has 0 spiro atoms. The van der Waals surface area contributed by atoms with E-state index in [0.717, 1.165) is 67.0 Å². The summed E-state index contributed by atoms with van der Waals surface area (Å²) >= 11 is 0. The first kappa shape index (κ1) is 29.7. The Morgan fingerprint density at radius 1 is 1.20 bits per heavy atom. The van der Waals surface area contributed by atoms with E-state index >= 15 is 0 Å². The molecule has 2 aliphatic rings. The molecule has 2 aromatic rings. The van der Waals surface area contributed by atoms with Crippen molar-refractivity contribution in [3.8, 4) is 17.3 Å². The van der Waals surface area contributed by atoms with Crippen LogP contribution in [0.4, 0.5) is 11.6 Å². The first-order chi connectivity index (χ1) is 19.3. The van der Waals surface area contributed by atoms with Crippen molar-refractivity contribution in [1.29, 1.82) is 5.26 Å². The molecule has 2 atom stereocenters. The average Bonchev–Trinajstić information content (AvgIpc) is 2.97. The van der Waals surface area contributed by atoms with Gasteiger partial charge in [-0.1, -0.05) is 6.07 Å². The second kappa shape index (κ2) is 13.9. The SMILES string of the molecule is Cc1cnc(N[C@H]2CC[C@H](N[C@@H](C)CO[C@H](C)C(=O)O)CC2)cc1-c1cccc(NCC2(C#N)CCOCC2)n1.